The number of aliphatic hydroxyl groups is 2. The minimum atomic E-state index is -1.69. The van der Waals surface area contributed by atoms with Gasteiger partial charge in [0, 0.05) is 31.6 Å². The van der Waals surface area contributed by atoms with Gasteiger partial charge in [-0.25, -0.2) is 4.79 Å². The third-order valence-electron chi connectivity index (χ3n) is 8.75. The predicted octanol–water partition coefficient (Wildman–Crippen LogP) is 3.65. The predicted molar refractivity (Wildman–Crippen MR) is 143 cm³/mol. The molecule has 3 rings (SSSR count). The van der Waals surface area contributed by atoms with Crippen molar-refractivity contribution in [3.8, 4) is 0 Å². The van der Waals surface area contributed by atoms with E-state index in [0.717, 1.165) is 18.4 Å². The molecule has 0 amide bonds. The second-order valence-corrected chi connectivity index (χ2v) is 11.7. The van der Waals surface area contributed by atoms with Crippen molar-refractivity contribution in [2.45, 2.75) is 116 Å². The van der Waals surface area contributed by atoms with Crippen LogP contribution in [0.2, 0.25) is 0 Å². The molecule has 1 saturated carbocycles. The molecule has 0 aromatic rings. The molecule has 10 atom stereocenters. The maximum absolute atomic E-state index is 13.2. The van der Waals surface area contributed by atoms with E-state index in [1.54, 1.807) is 13.8 Å². The van der Waals surface area contributed by atoms with Crippen LogP contribution >= 0.6 is 0 Å². The summed E-state index contributed by atoms with van der Waals surface area (Å²) >= 11 is 0. The smallest absolute Gasteiger partial charge is 0.347 e. The highest BCUT2D eigenvalue weighted by atomic mass is 16.6. The molecular weight excluding hydrogens is 504 g/mol. The van der Waals surface area contributed by atoms with Crippen molar-refractivity contribution >= 4 is 17.9 Å². The largest absolute Gasteiger partial charge is 0.466 e. The Morgan fingerprint density at radius 1 is 1.21 bits per heavy atom. The van der Waals surface area contributed by atoms with Gasteiger partial charge in [0.2, 0.25) is 0 Å². The van der Waals surface area contributed by atoms with Crippen LogP contribution in [0.3, 0.4) is 0 Å². The lowest BCUT2D eigenvalue weighted by Gasteiger charge is -2.46. The molecule has 0 spiro atoms. The van der Waals surface area contributed by atoms with E-state index in [1.165, 1.54) is 6.92 Å². The fourth-order valence-corrected chi connectivity index (χ4v) is 6.56. The van der Waals surface area contributed by atoms with Crippen molar-refractivity contribution in [3.63, 3.8) is 0 Å². The van der Waals surface area contributed by atoms with E-state index in [9.17, 15) is 24.6 Å². The monoisotopic (exact) mass is 550 g/mol. The molecule has 39 heavy (non-hydrogen) atoms. The zero-order valence-electron chi connectivity index (χ0n) is 24.0. The molecule has 2 saturated heterocycles. The number of rotatable bonds is 9. The molecule has 0 aromatic heterocycles. The van der Waals surface area contributed by atoms with Crippen molar-refractivity contribution in [1.29, 1.82) is 0 Å². The highest BCUT2D eigenvalue weighted by molar-refractivity contribution is 5.79. The number of carbonyl (C=O) groups is 3. The summed E-state index contributed by atoms with van der Waals surface area (Å²) < 4.78 is 23.1. The van der Waals surface area contributed by atoms with Crippen LogP contribution < -0.4 is 0 Å². The standard InChI is InChI=1S/C30H46O9/c1-8-10-25(33)37-22(9-2)29(34)39-24-14-21(32)17(4)13-23-26-16(3)11-12-20(18(5)15-36-19(6)31)27(26)28(38-23)30(24,7)35/h18,20-24,26-28,32,35H,3-4,8-15H2,1-2,5-7H3/t18-,20+,21-,22?,23+,24-,26+,27+,28+,30+/m0/s1. The van der Waals surface area contributed by atoms with E-state index >= 15 is 0 Å². The molecule has 1 unspecified atom stereocenters. The summed E-state index contributed by atoms with van der Waals surface area (Å²) in [5.41, 5.74) is -0.145. The second-order valence-electron chi connectivity index (χ2n) is 11.7. The maximum atomic E-state index is 13.2. The molecule has 2 heterocycles. The highest BCUT2D eigenvalue weighted by Gasteiger charge is 2.60. The Bertz CT molecular complexity index is 941. The Morgan fingerprint density at radius 3 is 2.51 bits per heavy atom. The number of carbonyl (C=O) groups excluding carboxylic acids is 3. The van der Waals surface area contributed by atoms with Crippen LogP contribution in [0.1, 0.15) is 79.6 Å². The van der Waals surface area contributed by atoms with E-state index in [-0.39, 0.29) is 61.6 Å². The molecule has 1 aliphatic carbocycles. The summed E-state index contributed by atoms with van der Waals surface area (Å²) in [5, 5.41) is 23.1. The normalized spacial score (nSPS) is 36.0. The molecular formula is C30H46O9. The third-order valence-corrected chi connectivity index (χ3v) is 8.75. The first-order chi connectivity index (χ1) is 18.3. The van der Waals surface area contributed by atoms with E-state index < -0.39 is 42.0 Å². The Hall–Kier alpha value is -2.23. The topological polar surface area (TPSA) is 129 Å². The minimum Gasteiger partial charge on any atom is -0.466 e. The first-order valence-electron chi connectivity index (χ1n) is 14.3. The van der Waals surface area contributed by atoms with Crippen LogP contribution in [-0.4, -0.2) is 70.8 Å². The summed E-state index contributed by atoms with van der Waals surface area (Å²) in [7, 11) is 0. The maximum Gasteiger partial charge on any atom is 0.347 e. The zero-order chi connectivity index (χ0) is 29.1. The molecule has 0 radical (unpaired) electrons. The highest BCUT2D eigenvalue weighted by Crippen LogP contribution is 2.55. The van der Waals surface area contributed by atoms with Gasteiger partial charge in [-0.3, -0.25) is 9.59 Å². The van der Waals surface area contributed by atoms with Gasteiger partial charge in [-0.05, 0) is 56.4 Å². The van der Waals surface area contributed by atoms with Crippen molar-refractivity contribution in [3.05, 3.63) is 24.3 Å². The molecule has 220 valence electrons. The van der Waals surface area contributed by atoms with Gasteiger partial charge in [0.25, 0.3) is 0 Å². The Labute approximate surface area is 231 Å². The summed E-state index contributed by atoms with van der Waals surface area (Å²) in [6.45, 7) is 17.2. The van der Waals surface area contributed by atoms with Crippen LogP contribution in [0.5, 0.6) is 0 Å². The minimum absolute atomic E-state index is 0.00432. The number of hydrogen-bond acceptors (Lipinski definition) is 9. The van der Waals surface area contributed by atoms with Gasteiger partial charge in [-0.2, -0.15) is 0 Å². The van der Waals surface area contributed by atoms with Gasteiger partial charge in [0.15, 0.2) is 6.10 Å². The van der Waals surface area contributed by atoms with Crippen molar-refractivity contribution < 1.29 is 43.5 Å². The van der Waals surface area contributed by atoms with Gasteiger partial charge in [0.05, 0.1) is 24.9 Å². The number of fused-ring (bicyclic) bond motifs is 5. The fourth-order valence-electron chi connectivity index (χ4n) is 6.56. The number of ether oxygens (including phenoxy) is 4. The number of hydrogen-bond donors (Lipinski definition) is 2. The molecule has 0 aromatic carbocycles. The van der Waals surface area contributed by atoms with Crippen molar-refractivity contribution in [2.75, 3.05) is 6.61 Å². The van der Waals surface area contributed by atoms with Crippen LogP contribution in [0, 0.1) is 23.7 Å². The Balaban J connectivity index is 1.95. The van der Waals surface area contributed by atoms with E-state index in [0.29, 0.717) is 18.4 Å². The van der Waals surface area contributed by atoms with Gasteiger partial charge >= 0.3 is 17.9 Å². The van der Waals surface area contributed by atoms with Crippen LogP contribution in [0.15, 0.2) is 24.3 Å². The van der Waals surface area contributed by atoms with Crippen LogP contribution in [0.4, 0.5) is 0 Å². The average Bonchev–Trinajstić information content (AvgIpc) is 3.26. The van der Waals surface area contributed by atoms with Gasteiger partial charge in [-0.15, -0.1) is 0 Å². The van der Waals surface area contributed by atoms with Gasteiger partial charge < -0.3 is 29.2 Å². The molecule has 3 aliphatic rings. The SMILES string of the molecule is C=C1CC[C@H]([C@@H](C)COC(C)=O)[C@@H]2[C@H]1[C@H]1CC(=C)[C@@H](O)C[C@H](OC(=O)C(CC)OC(=O)CCC)[C@@](C)(O)[C@@H]2O1. The molecule has 2 bridgehead atoms. The summed E-state index contributed by atoms with van der Waals surface area (Å²) in [6.07, 6.45) is -1.55. The lowest BCUT2D eigenvalue weighted by molar-refractivity contribution is -0.202. The second kappa shape index (κ2) is 13.0. The molecule has 2 aliphatic heterocycles. The van der Waals surface area contributed by atoms with Crippen molar-refractivity contribution in [1.82, 2.24) is 0 Å². The molecule has 2 N–H and O–H groups in total. The summed E-state index contributed by atoms with van der Waals surface area (Å²) in [6, 6.07) is 0. The fraction of sp³-hybridized carbons (Fsp3) is 0.767. The zero-order valence-corrected chi connectivity index (χ0v) is 24.0. The van der Waals surface area contributed by atoms with Gasteiger partial charge in [-0.1, -0.05) is 39.5 Å². The van der Waals surface area contributed by atoms with E-state index in [4.69, 9.17) is 18.9 Å². The number of esters is 3. The molecule has 3 fully saturated rings. The molecule has 9 nitrogen and oxygen atoms in total. The lowest BCUT2D eigenvalue weighted by Crippen LogP contribution is -2.57. The lowest BCUT2D eigenvalue weighted by atomic mass is 9.60. The van der Waals surface area contributed by atoms with Crippen LogP contribution in [-0.2, 0) is 33.3 Å². The Morgan fingerprint density at radius 2 is 1.90 bits per heavy atom. The van der Waals surface area contributed by atoms with E-state index in [1.807, 2.05) is 13.8 Å². The first kappa shape index (κ1) is 31.3. The summed E-state index contributed by atoms with van der Waals surface area (Å²) in [4.78, 5) is 36.8. The van der Waals surface area contributed by atoms with Crippen LogP contribution in [0.25, 0.3) is 0 Å². The number of aliphatic hydroxyl groups excluding tert-OH is 1. The van der Waals surface area contributed by atoms with Gasteiger partial charge in [0.1, 0.15) is 11.7 Å². The third kappa shape index (κ3) is 6.92. The average molecular weight is 551 g/mol. The Kier molecular flexibility index (Phi) is 10.4. The van der Waals surface area contributed by atoms with Crippen molar-refractivity contribution in [2.24, 2.45) is 23.7 Å². The summed E-state index contributed by atoms with van der Waals surface area (Å²) in [5.74, 6) is -1.85. The quantitative estimate of drug-likeness (QED) is 0.251. The van der Waals surface area contributed by atoms with E-state index in [2.05, 4.69) is 13.2 Å². The molecule has 9 heteroatoms. The first-order valence-corrected chi connectivity index (χ1v) is 14.3.